The largest absolute Gasteiger partial charge is 0.494 e. The molecule has 0 saturated carbocycles. The molecule has 154 valence electrons. The van der Waals surface area contributed by atoms with Gasteiger partial charge in [0.25, 0.3) is 11.8 Å². The fraction of sp³-hybridized carbons (Fsp3) is 0.318. The van der Waals surface area contributed by atoms with Crippen LogP contribution in [0, 0.1) is 6.92 Å². The zero-order valence-corrected chi connectivity index (χ0v) is 17.6. The van der Waals surface area contributed by atoms with Crippen LogP contribution in [0.1, 0.15) is 58.9 Å². The van der Waals surface area contributed by atoms with Crippen LogP contribution in [0.15, 0.2) is 48.5 Å². The first-order chi connectivity index (χ1) is 14.0. The number of hydrogen-bond acceptors (Lipinski definition) is 4. The highest BCUT2D eigenvalue weighted by atomic mass is 32.1. The van der Waals surface area contributed by atoms with Crippen molar-refractivity contribution < 1.29 is 14.3 Å². The number of ether oxygens (including phenoxy) is 1. The maximum Gasteiger partial charge on any atom is 0.269 e. The van der Waals surface area contributed by atoms with E-state index in [1.165, 1.54) is 12.8 Å². The highest BCUT2D eigenvalue weighted by Gasteiger charge is 2.09. The van der Waals surface area contributed by atoms with E-state index in [9.17, 15) is 9.59 Å². The third-order valence-corrected chi connectivity index (χ3v) is 4.42. The van der Waals surface area contributed by atoms with Gasteiger partial charge in [-0.2, -0.15) is 0 Å². The molecule has 29 heavy (non-hydrogen) atoms. The number of aryl methyl sites for hydroxylation is 1. The molecular weight excluding hydrogens is 386 g/mol. The molecule has 2 rings (SSSR count). The fourth-order valence-electron chi connectivity index (χ4n) is 2.52. The lowest BCUT2D eigenvalue weighted by atomic mass is 10.1. The summed E-state index contributed by atoms with van der Waals surface area (Å²) >= 11 is 5.05. The Balaban J connectivity index is 1.74. The molecule has 2 aromatic carbocycles. The quantitative estimate of drug-likeness (QED) is 0.347. The summed E-state index contributed by atoms with van der Waals surface area (Å²) < 4.78 is 5.66. The van der Waals surface area contributed by atoms with Crippen molar-refractivity contribution in [2.75, 3.05) is 6.61 Å². The van der Waals surface area contributed by atoms with Gasteiger partial charge in [0.2, 0.25) is 0 Å². The molecule has 2 amide bonds. The van der Waals surface area contributed by atoms with Gasteiger partial charge in [-0.05, 0) is 62.0 Å². The number of nitrogens with one attached hydrogen (secondary N) is 3. The number of benzene rings is 2. The standard InChI is InChI=1S/C22H27N3O3S/c1-3-4-5-6-15-28-19-13-11-18(12-14-19)21(27)24-25-22(29)23-20(26)17-9-7-16(2)8-10-17/h7-14H,3-6,15H2,1-2H3,(H,24,27)(H2,23,25,26,29). The first-order valence-corrected chi connectivity index (χ1v) is 10.1. The van der Waals surface area contributed by atoms with E-state index in [-0.39, 0.29) is 16.9 Å². The average molecular weight is 414 g/mol. The molecular formula is C22H27N3O3S. The van der Waals surface area contributed by atoms with E-state index in [2.05, 4.69) is 23.1 Å². The van der Waals surface area contributed by atoms with E-state index in [4.69, 9.17) is 17.0 Å². The van der Waals surface area contributed by atoms with Crippen LogP contribution in [0.5, 0.6) is 5.75 Å². The Labute approximate surface area is 177 Å². The topological polar surface area (TPSA) is 79.5 Å². The summed E-state index contributed by atoms with van der Waals surface area (Å²) in [6, 6.07) is 14.0. The first kappa shape index (κ1) is 22.4. The first-order valence-electron chi connectivity index (χ1n) is 9.71. The van der Waals surface area contributed by atoms with Crippen LogP contribution in [0.2, 0.25) is 0 Å². The molecule has 0 fully saturated rings. The van der Waals surface area contributed by atoms with Gasteiger partial charge < -0.3 is 4.74 Å². The molecule has 0 aromatic heterocycles. The molecule has 0 aliphatic heterocycles. The summed E-state index contributed by atoms with van der Waals surface area (Å²) in [5.41, 5.74) is 6.98. The predicted molar refractivity (Wildman–Crippen MR) is 118 cm³/mol. The molecule has 0 atom stereocenters. The maximum atomic E-state index is 12.2. The number of thiocarbonyl (C=S) groups is 1. The molecule has 0 radical (unpaired) electrons. The predicted octanol–water partition coefficient (Wildman–Crippen LogP) is 3.90. The van der Waals surface area contributed by atoms with Gasteiger partial charge in [0.15, 0.2) is 5.11 Å². The molecule has 0 unspecified atom stereocenters. The fourth-order valence-corrected chi connectivity index (χ4v) is 2.66. The highest BCUT2D eigenvalue weighted by molar-refractivity contribution is 7.80. The van der Waals surface area contributed by atoms with Crippen LogP contribution in [-0.4, -0.2) is 23.5 Å². The van der Waals surface area contributed by atoms with Gasteiger partial charge in [0, 0.05) is 11.1 Å². The average Bonchev–Trinajstić information content (AvgIpc) is 2.72. The third kappa shape index (κ3) is 7.91. The van der Waals surface area contributed by atoms with Crippen molar-refractivity contribution in [1.29, 1.82) is 0 Å². The van der Waals surface area contributed by atoms with Gasteiger partial charge in [-0.1, -0.05) is 43.9 Å². The van der Waals surface area contributed by atoms with E-state index in [0.29, 0.717) is 17.7 Å². The van der Waals surface area contributed by atoms with Crippen LogP contribution in [0.3, 0.4) is 0 Å². The minimum absolute atomic E-state index is 0.0101. The molecule has 0 bridgehead atoms. The number of hydrogen-bond donors (Lipinski definition) is 3. The number of carbonyl (C=O) groups excluding carboxylic acids is 2. The summed E-state index contributed by atoms with van der Waals surface area (Å²) in [4.78, 5) is 24.3. The lowest BCUT2D eigenvalue weighted by molar-refractivity contribution is 0.0934. The van der Waals surface area contributed by atoms with Gasteiger partial charge in [0.05, 0.1) is 6.61 Å². The number of unbranched alkanes of at least 4 members (excludes halogenated alkanes) is 3. The second-order valence-corrected chi connectivity index (χ2v) is 7.07. The Morgan fingerprint density at radius 1 is 0.862 bits per heavy atom. The lowest BCUT2D eigenvalue weighted by Crippen LogP contribution is -2.48. The summed E-state index contributed by atoms with van der Waals surface area (Å²) in [6.07, 6.45) is 4.58. The third-order valence-electron chi connectivity index (χ3n) is 4.21. The molecule has 7 heteroatoms. The second-order valence-electron chi connectivity index (χ2n) is 6.66. The molecule has 0 heterocycles. The lowest BCUT2D eigenvalue weighted by Gasteiger charge is -2.11. The zero-order chi connectivity index (χ0) is 21.1. The maximum absolute atomic E-state index is 12.2. The molecule has 0 saturated heterocycles. The Kier molecular flexibility index (Phi) is 9.11. The van der Waals surface area contributed by atoms with Crippen molar-refractivity contribution in [3.05, 3.63) is 65.2 Å². The van der Waals surface area contributed by atoms with Crippen molar-refractivity contribution in [3.63, 3.8) is 0 Å². The summed E-state index contributed by atoms with van der Waals surface area (Å²) in [5, 5.41) is 2.53. The normalized spacial score (nSPS) is 10.1. The Bertz CT molecular complexity index is 820. The van der Waals surface area contributed by atoms with Crippen molar-refractivity contribution in [2.45, 2.75) is 39.5 Å². The summed E-state index contributed by atoms with van der Waals surface area (Å²) in [5.74, 6) is 0.00973. The van der Waals surface area contributed by atoms with Crippen LogP contribution < -0.4 is 20.9 Å². The molecule has 0 aliphatic carbocycles. The number of rotatable bonds is 8. The summed E-state index contributed by atoms with van der Waals surface area (Å²) in [6.45, 7) is 4.78. The van der Waals surface area contributed by atoms with Gasteiger partial charge >= 0.3 is 0 Å². The molecule has 2 aromatic rings. The van der Waals surface area contributed by atoms with Crippen molar-refractivity contribution in [2.24, 2.45) is 0 Å². The molecule has 6 nitrogen and oxygen atoms in total. The molecule has 0 aliphatic rings. The molecule has 0 spiro atoms. The van der Waals surface area contributed by atoms with E-state index in [1.807, 2.05) is 19.1 Å². The molecule has 3 N–H and O–H groups in total. The van der Waals surface area contributed by atoms with Crippen LogP contribution in [0.25, 0.3) is 0 Å². The van der Waals surface area contributed by atoms with Crippen LogP contribution >= 0.6 is 12.2 Å². The number of hydrazine groups is 1. The monoisotopic (exact) mass is 413 g/mol. The Morgan fingerprint density at radius 2 is 1.48 bits per heavy atom. The SMILES string of the molecule is CCCCCCOc1ccc(C(=O)NNC(=S)NC(=O)c2ccc(C)cc2)cc1. The Morgan fingerprint density at radius 3 is 2.14 bits per heavy atom. The van der Waals surface area contributed by atoms with Gasteiger partial charge in [-0.15, -0.1) is 0 Å². The second kappa shape index (κ2) is 11.8. The van der Waals surface area contributed by atoms with E-state index < -0.39 is 0 Å². The van der Waals surface area contributed by atoms with Crippen LogP contribution in [0.4, 0.5) is 0 Å². The van der Waals surface area contributed by atoms with Crippen LogP contribution in [-0.2, 0) is 0 Å². The number of amides is 2. The van der Waals surface area contributed by atoms with E-state index >= 15 is 0 Å². The van der Waals surface area contributed by atoms with Gasteiger partial charge in [0.1, 0.15) is 5.75 Å². The smallest absolute Gasteiger partial charge is 0.269 e. The Hall–Kier alpha value is -2.93. The van der Waals surface area contributed by atoms with E-state index in [0.717, 1.165) is 24.2 Å². The minimum atomic E-state index is -0.369. The summed E-state index contributed by atoms with van der Waals surface area (Å²) in [7, 11) is 0. The van der Waals surface area contributed by atoms with Crippen molar-refractivity contribution >= 4 is 29.1 Å². The zero-order valence-electron chi connectivity index (χ0n) is 16.8. The van der Waals surface area contributed by atoms with Crippen molar-refractivity contribution in [1.82, 2.24) is 16.2 Å². The van der Waals surface area contributed by atoms with Gasteiger partial charge in [-0.3, -0.25) is 25.8 Å². The highest BCUT2D eigenvalue weighted by Crippen LogP contribution is 2.13. The van der Waals surface area contributed by atoms with Gasteiger partial charge in [-0.25, -0.2) is 0 Å². The van der Waals surface area contributed by atoms with E-state index in [1.54, 1.807) is 36.4 Å². The van der Waals surface area contributed by atoms with Crippen molar-refractivity contribution in [3.8, 4) is 5.75 Å². The number of carbonyl (C=O) groups is 2. The minimum Gasteiger partial charge on any atom is -0.494 e.